The van der Waals surface area contributed by atoms with Crippen LogP contribution in [0.1, 0.15) is 22.7 Å². The number of rotatable bonds is 6. The lowest BCUT2D eigenvalue weighted by Crippen LogP contribution is -2.29. The molecule has 1 atom stereocenters. The second-order valence-corrected chi connectivity index (χ2v) is 6.72. The van der Waals surface area contributed by atoms with Crippen LogP contribution in [0.15, 0.2) is 60.7 Å². The van der Waals surface area contributed by atoms with Crippen LogP contribution in [0.25, 0.3) is 5.76 Å². The maximum atomic E-state index is 12.8. The van der Waals surface area contributed by atoms with Gasteiger partial charge in [-0.15, -0.1) is 6.58 Å². The first-order chi connectivity index (χ1) is 13.9. The molecule has 1 heterocycles. The van der Waals surface area contributed by atoms with Gasteiger partial charge in [-0.2, -0.15) is 0 Å². The lowest BCUT2D eigenvalue weighted by molar-refractivity contribution is -0.139. The molecule has 0 saturated carbocycles. The second kappa shape index (κ2) is 8.22. The van der Waals surface area contributed by atoms with Crippen molar-refractivity contribution in [3.05, 3.63) is 77.4 Å². The second-order valence-electron chi connectivity index (χ2n) is 6.72. The topological polar surface area (TPSA) is 76.1 Å². The number of Topliss-reactive ketones (excluding diaryl/α,β-unsaturated/α-hetero) is 1. The predicted octanol–water partition coefficient (Wildman–Crippen LogP) is 3.62. The summed E-state index contributed by atoms with van der Waals surface area (Å²) >= 11 is 0. The fraction of sp³-hybridized carbons (Fsp3) is 0.217. The molecule has 2 aromatic rings. The molecule has 2 aromatic carbocycles. The van der Waals surface area contributed by atoms with Gasteiger partial charge in [-0.1, -0.05) is 42.0 Å². The molecule has 150 valence electrons. The Labute approximate surface area is 169 Å². The molecule has 6 nitrogen and oxygen atoms in total. The van der Waals surface area contributed by atoms with E-state index >= 15 is 0 Å². The minimum Gasteiger partial charge on any atom is -0.507 e. The van der Waals surface area contributed by atoms with Gasteiger partial charge in [-0.25, -0.2) is 0 Å². The standard InChI is InChI=1S/C23H23NO5/c1-5-12-24-20(16-10-11-17(28-3)18(13-16)29-4)19(22(26)23(24)27)21(25)15-8-6-14(2)7-9-15/h5-11,13,20,25H,1,12H2,2-4H3/b21-19+/t20-/m1/s1. The summed E-state index contributed by atoms with van der Waals surface area (Å²) in [6.45, 7) is 5.77. The van der Waals surface area contributed by atoms with E-state index in [-0.39, 0.29) is 17.9 Å². The van der Waals surface area contributed by atoms with Crippen molar-refractivity contribution in [2.75, 3.05) is 20.8 Å². The van der Waals surface area contributed by atoms with Crippen molar-refractivity contribution in [1.82, 2.24) is 4.90 Å². The van der Waals surface area contributed by atoms with Crippen molar-refractivity contribution in [2.24, 2.45) is 0 Å². The number of hydrogen-bond acceptors (Lipinski definition) is 5. The van der Waals surface area contributed by atoms with Gasteiger partial charge in [0.1, 0.15) is 5.76 Å². The van der Waals surface area contributed by atoms with Crippen LogP contribution in [0.3, 0.4) is 0 Å². The molecule has 0 aliphatic carbocycles. The molecular weight excluding hydrogens is 370 g/mol. The monoisotopic (exact) mass is 393 g/mol. The summed E-state index contributed by atoms with van der Waals surface area (Å²) in [6.07, 6.45) is 1.55. The van der Waals surface area contributed by atoms with Gasteiger partial charge in [-0.3, -0.25) is 9.59 Å². The maximum absolute atomic E-state index is 12.8. The van der Waals surface area contributed by atoms with Crippen LogP contribution in [-0.2, 0) is 9.59 Å². The fourth-order valence-corrected chi connectivity index (χ4v) is 3.44. The summed E-state index contributed by atoms with van der Waals surface area (Å²) in [5, 5.41) is 10.9. The zero-order valence-electron chi connectivity index (χ0n) is 16.6. The maximum Gasteiger partial charge on any atom is 0.295 e. The van der Waals surface area contributed by atoms with E-state index in [1.54, 1.807) is 36.4 Å². The van der Waals surface area contributed by atoms with E-state index in [1.807, 2.05) is 19.1 Å². The van der Waals surface area contributed by atoms with Gasteiger partial charge in [0.05, 0.1) is 25.8 Å². The van der Waals surface area contributed by atoms with E-state index in [1.165, 1.54) is 19.1 Å². The molecule has 1 aliphatic rings. The fourth-order valence-electron chi connectivity index (χ4n) is 3.44. The number of aliphatic hydroxyl groups is 1. The third kappa shape index (κ3) is 3.61. The van der Waals surface area contributed by atoms with Gasteiger partial charge in [0.15, 0.2) is 11.5 Å². The summed E-state index contributed by atoms with van der Waals surface area (Å²) in [5.41, 5.74) is 2.15. The zero-order valence-corrected chi connectivity index (χ0v) is 16.6. The highest BCUT2D eigenvalue weighted by Crippen LogP contribution is 2.41. The number of likely N-dealkylation sites (tertiary alicyclic amines) is 1. The zero-order chi connectivity index (χ0) is 21.1. The van der Waals surface area contributed by atoms with E-state index in [0.29, 0.717) is 22.6 Å². The summed E-state index contributed by atoms with van der Waals surface area (Å²) in [7, 11) is 3.04. The summed E-state index contributed by atoms with van der Waals surface area (Å²) in [6, 6.07) is 11.5. The van der Waals surface area contributed by atoms with E-state index in [2.05, 4.69) is 6.58 Å². The van der Waals surface area contributed by atoms with Crippen molar-refractivity contribution in [3.63, 3.8) is 0 Å². The number of carbonyl (C=O) groups excluding carboxylic acids is 2. The third-order valence-electron chi connectivity index (χ3n) is 4.91. The quantitative estimate of drug-likeness (QED) is 0.351. The number of nitrogens with zero attached hydrogens (tertiary/aromatic N) is 1. The summed E-state index contributed by atoms with van der Waals surface area (Å²) < 4.78 is 10.6. The largest absolute Gasteiger partial charge is 0.507 e. The summed E-state index contributed by atoms with van der Waals surface area (Å²) in [4.78, 5) is 26.9. The normalized spacial score (nSPS) is 18.0. The highest BCUT2D eigenvalue weighted by atomic mass is 16.5. The molecule has 1 fully saturated rings. The van der Waals surface area contributed by atoms with E-state index in [4.69, 9.17) is 9.47 Å². The number of methoxy groups -OCH3 is 2. The number of benzene rings is 2. The van der Waals surface area contributed by atoms with E-state index in [9.17, 15) is 14.7 Å². The Morgan fingerprint density at radius 2 is 1.76 bits per heavy atom. The van der Waals surface area contributed by atoms with Crippen LogP contribution >= 0.6 is 0 Å². The van der Waals surface area contributed by atoms with Gasteiger partial charge in [0, 0.05) is 12.1 Å². The van der Waals surface area contributed by atoms with Crippen molar-refractivity contribution >= 4 is 17.4 Å². The van der Waals surface area contributed by atoms with Crippen LogP contribution in [0.2, 0.25) is 0 Å². The molecule has 0 aromatic heterocycles. The highest BCUT2D eigenvalue weighted by molar-refractivity contribution is 6.46. The third-order valence-corrected chi connectivity index (χ3v) is 4.91. The molecule has 1 aliphatic heterocycles. The van der Waals surface area contributed by atoms with Crippen LogP contribution < -0.4 is 9.47 Å². The molecule has 3 rings (SSSR count). The predicted molar refractivity (Wildman–Crippen MR) is 110 cm³/mol. The first-order valence-electron chi connectivity index (χ1n) is 9.11. The molecule has 1 saturated heterocycles. The highest BCUT2D eigenvalue weighted by Gasteiger charge is 2.45. The van der Waals surface area contributed by atoms with Gasteiger partial charge in [0.25, 0.3) is 11.7 Å². The van der Waals surface area contributed by atoms with Gasteiger partial charge in [0.2, 0.25) is 0 Å². The average molecular weight is 393 g/mol. The van der Waals surface area contributed by atoms with Gasteiger partial charge < -0.3 is 19.5 Å². The molecule has 1 N–H and O–H groups in total. The van der Waals surface area contributed by atoms with Gasteiger partial charge >= 0.3 is 0 Å². The Hall–Kier alpha value is -3.54. The molecule has 6 heteroatoms. The van der Waals surface area contributed by atoms with Crippen LogP contribution in [0.5, 0.6) is 11.5 Å². The number of aliphatic hydroxyl groups excluding tert-OH is 1. The minimum absolute atomic E-state index is 0.0351. The van der Waals surface area contributed by atoms with Crippen molar-refractivity contribution in [1.29, 1.82) is 0 Å². The average Bonchev–Trinajstić information content (AvgIpc) is 2.98. The van der Waals surface area contributed by atoms with Crippen molar-refractivity contribution in [3.8, 4) is 11.5 Å². The number of carbonyl (C=O) groups is 2. The molecule has 0 unspecified atom stereocenters. The Balaban J connectivity index is 2.21. The number of hydrogen-bond donors (Lipinski definition) is 1. The minimum atomic E-state index is -0.769. The van der Waals surface area contributed by atoms with Crippen molar-refractivity contribution in [2.45, 2.75) is 13.0 Å². The molecule has 0 spiro atoms. The lowest BCUT2D eigenvalue weighted by atomic mass is 9.94. The Morgan fingerprint density at radius 1 is 1.10 bits per heavy atom. The summed E-state index contributed by atoms with van der Waals surface area (Å²) in [5.74, 6) is -0.641. The smallest absolute Gasteiger partial charge is 0.295 e. The number of aryl methyl sites for hydroxylation is 1. The Kier molecular flexibility index (Phi) is 5.73. The first-order valence-corrected chi connectivity index (χ1v) is 9.11. The number of ether oxygens (including phenoxy) is 2. The Morgan fingerprint density at radius 3 is 2.34 bits per heavy atom. The molecular formula is C23H23NO5. The lowest BCUT2D eigenvalue weighted by Gasteiger charge is -2.24. The van der Waals surface area contributed by atoms with E-state index < -0.39 is 17.7 Å². The first kappa shape index (κ1) is 20.2. The molecule has 0 radical (unpaired) electrons. The van der Waals surface area contributed by atoms with E-state index in [0.717, 1.165) is 5.56 Å². The van der Waals surface area contributed by atoms with Crippen LogP contribution in [0, 0.1) is 6.92 Å². The SMILES string of the molecule is C=CCN1C(=O)C(=O)/C(=C(/O)c2ccc(C)cc2)[C@H]1c1ccc(OC)c(OC)c1. The Bertz CT molecular complexity index is 991. The molecule has 1 amide bonds. The van der Waals surface area contributed by atoms with Gasteiger partial charge in [-0.05, 0) is 24.6 Å². The van der Waals surface area contributed by atoms with Crippen LogP contribution in [-0.4, -0.2) is 42.5 Å². The van der Waals surface area contributed by atoms with Crippen molar-refractivity contribution < 1.29 is 24.2 Å². The molecule has 29 heavy (non-hydrogen) atoms. The van der Waals surface area contributed by atoms with Crippen LogP contribution in [0.4, 0.5) is 0 Å². The molecule has 0 bridgehead atoms. The number of ketones is 1. The number of amides is 1.